The molecule has 2 N–H and O–H groups in total. The molecular weight excluding hydrogens is 560 g/mol. The third kappa shape index (κ3) is 7.71. The van der Waals surface area contributed by atoms with Gasteiger partial charge in [-0.1, -0.05) is 49.7 Å². The molecule has 43 heavy (non-hydrogen) atoms. The Balaban J connectivity index is 1.37. The molecule has 0 unspecified atom stereocenters. The predicted octanol–water partition coefficient (Wildman–Crippen LogP) is 8.25. The zero-order valence-electron chi connectivity index (χ0n) is 25.7. The largest absolute Gasteiger partial charge is 0.493 e. The molecule has 2 aromatic carbocycles. The van der Waals surface area contributed by atoms with Crippen molar-refractivity contribution in [2.24, 2.45) is 11.8 Å². The van der Waals surface area contributed by atoms with Gasteiger partial charge >= 0.3 is 5.97 Å². The number of nitrogens with one attached hydrogen (secondary N) is 1. The first kappa shape index (κ1) is 31.3. The lowest BCUT2D eigenvalue weighted by Crippen LogP contribution is -2.47. The van der Waals surface area contributed by atoms with Gasteiger partial charge < -0.3 is 19.9 Å². The van der Waals surface area contributed by atoms with Crippen LogP contribution in [0.5, 0.6) is 5.75 Å². The number of pyridine rings is 1. The van der Waals surface area contributed by atoms with Crippen LogP contribution in [-0.4, -0.2) is 35.3 Å². The maximum Gasteiger partial charge on any atom is 0.329 e. The van der Waals surface area contributed by atoms with Crippen LogP contribution in [0.1, 0.15) is 86.2 Å². The van der Waals surface area contributed by atoms with E-state index < -0.39 is 11.5 Å². The Morgan fingerprint density at radius 3 is 2.79 bits per heavy atom. The summed E-state index contributed by atoms with van der Waals surface area (Å²) in [5.74, 6) is 1.24. The summed E-state index contributed by atoms with van der Waals surface area (Å²) in [7, 11) is 1.70. The van der Waals surface area contributed by atoms with Gasteiger partial charge in [0.05, 0.1) is 13.2 Å². The summed E-state index contributed by atoms with van der Waals surface area (Å²) in [5, 5.41) is 14.7. The number of carboxylic acids is 1. The molecule has 1 aromatic heterocycles. The molecule has 230 valence electrons. The number of hydrogen-bond donors (Lipinski definition) is 2. The second-order valence-electron chi connectivity index (χ2n) is 12.8. The number of methoxy groups -OCH3 is 1. The number of aromatic nitrogens is 1. The minimum absolute atomic E-state index is 0.310. The molecule has 0 bridgehead atoms. The molecule has 4 atom stereocenters. The van der Waals surface area contributed by atoms with E-state index in [1.54, 1.807) is 19.2 Å². The first-order valence-corrected chi connectivity index (χ1v) is 16.1. The van der Waals surface area contributed by atoms with Crippen LogP contribution in [-0.2, 0) is 35.4 Å². The van der Waals surface area contributed by atoms with Gasteiger partial charge in [0, 0.05) is 35.3 Å². The molecular formula is C36H45ClN2O4. The van der Waals surface area contributed by atoms with Crippen molar-refractivity contribution in [3.05, 3.63) is 87.7 Å². The zero-order chi connectivity index (χ0) is 30.4. The van der Waals surface area contributed by atoms with Crippen molar-refractivity contribution in [1.29, 1.82) is 0 Å². The first-order chi connectivity index (χ1) is 20.8. The summed E-state index contributed by atoms with van der Waals surface area (Å²) in [5.41, 5.74) is 5.71. The Morgan fingerprint density at radius 1 is 1.14 bits per heavy atom. The Morgan fingerprint density at radius 2 is 2.00 bits per heavy atom. The van der Waals surface area contributed by atoms with Gasteiger partial charge in [-0.25, -0.2) is 4.79 Å². The highest BCUT2D eigenvalue weighted by atomic mass is 35.5. The van der Waals surface area contributed by atoms with Gasteiger partial charge in [-0.15, -0.1) is 0 Å². The van der Waals surface area contributed by atoms with Crippen molar-refractivity contribution in [2.45, 2.75) is 89.7 Å². The number of aliphatic carboxylic acids is 1. The first-order valence-electron chi connectivity index (χ1n) is 15.7. The number of anilines is 1. The van der Waals surface area contributed by atoms with Crippen LogP contribution in [0.4, 0.5) is 5.69 Å². The summed E-state index contributed by atoms with van der Waals surface area (Å²) in [6, 6.07) is 15.9. The number of nitrogens with zero attached hydrogens (tertiary/aromatic N) is 1. The molecule has 2 aliphatic rings. The van der Waals surface area contributed by atoms with Crippen molar-refractivity contribution in [3.63, 3.8) is 0 Å². The predicted molar refractivity (Wildman–Crippen MR) is 172 cm³/mol. The standard InChI is InChI=1S/C36H45ClN2O4/c1-24(22-43-33-14-17-38-32-9-4-6-25(2)34(32)33)18-26-12-15-36(35(40)41,39-31-8-5-7-30(37)21-31)16-13-29-20-27(23-42-3)10-11-28(29)19-26/h5,7-8,10-11,14,17,20-21,24-26,39H,4,6,9,12-13,15-16,18-19,22-23H2,1-3H3,(H,40,41)/t24-,25-,26+,36+/m1/s1. The second kappa shape index (κ2) is 14.1. The van der Waals surface area contributed by atoms with Crippen molar-refractivity contribution >= 4 is 23.3 Å². The summed E-state index contributed by atoms with van der Waals surface area (Å²) in [6.45, 7) is 5.69. The van der Waals surface area contributed by atoms with E-state index in [1.165, 1.54) is 35.2 Å². The molecule has 7 heteroatoms. The van der Waals surface area contributed by atoms with Crippen LogP contribution < -0.4 is 10.1 Å². The summed E-state index contributed by atoms with van der Waals surface area (Å²) < 4.78 is 11.9. The Labute approximate surface area is 261 Å². The number of rotatable bonds is 10. The number of carbonyl (C=O) groups is 1. The minimum atomic E-state index is -1.10. The number of aryl methyl sites for hydroxylation is 2. The molecule has 0 radical (unpaired) electrons. The van der Waals surface area contributed by atoms with E-state index in [0.717, 1.165) is 42.7 Å². The molecule has 0 saturated heterocycles. The van der Waals surface area contributed by atoms with Gasteiger partial charge in [0.2, 0.25) is 0 Å². The van der Waals surface area contributed by atoms with Gasteiger partial charge in [-0.2, -0.15) is 0 Å². The number of benzene rings is 2. The van der Waals surface area contributed by atoms with E-state index in [1.807, 2.05) is 24.4 Å². The molecule has 0 fully saturated rings. The third-order valence-corrected chi connectivity index (χ3v) is 9.58. The molecule has 1 heterocycles. The lowest BCUT2D eigenvalue weighted by atomic mass is 9.82. The number of carboxylic acid groups (broad SMARTS) is 1. The fraction of sp³-hybridized carbons (Fsp3) is 0.500. The molecule has 3 aromatic rings. The van der Waals surface area contributed by atoms with E-state index in [0.29, 0.717) is 55.3 Å². The molecule has 5 rings (SSSR count). The molecule has 0 aliphatic heterocycles. The van der Waals surface area contributed by atoms with E-state index >= 15 is 0 Å². The molecule has 0 saturated carbocycles. The number of halogens is 1. The lowest BCUT2D eigenvalue weighted by Gasteiger charge is -2.33. The van der Waals surface area contributed by atoms with Gasteiger partial charge in [0.25, 0.3) is 0 Å². The fourth-order valence-corrected chi connectivity index (χ4v) is 7.27. The van der Waals surface area contributed by atoms with Crippen LogP contribution in [0.25, 0.3) is 0 Å². The monoisotopic (exact) mass is 604 g/mol. The van der Waals surface area contributed by atoms with Gasteiger partial charge in [0.1, 0.15) is 11.3 Å². The maximum absolute atomic E-state index is 13.0. The van der Waals surface area contributed by atoms with E-state index in [2.05, 4.69) is 42.3 Å². The molecule has 0 amide bonds. The third-order valence-electron chi connectivity index (χ3n) is 9.34. The minimum Gasteiger partial charge on any atom is -0.493 e. The average Bonchev–Trinajstić information content (AvgIpc) is 3.05. The normalized spacial score (nSPS) is 22.7. The van der Waals surface area contributed by atoms with Crippen LogP contribution in [0.3, 0.4) is 0 Å². The van der Waals surface area contributed by atoms with Crippen LogP contribution in [0, 0.1) is 11.8 Å². The topological polar surface area (TPSA) is 80.7 Å². The van der Waals surface area contributed by atoms with Crippen molar-refractivity contribution in [3.8, 4) is 5.75 Å². The number of hydrogen-bond acceptors (Lipinski definition) is 5. The Hall–Kier alpha value is -3.09. The molecule has 0 spiro atoms. The molecule has 2 aliphatic carbocycles. The number of fused-ring (bicyclic) bond motifs is 2. The van der Waals surface area contributed by atoms with E-state index in [-0.39, 0.29) is 0 Å². The summed E-state index contributed by atoms with van der Waals surface area (Å²) in [4.78, 5) is 17.6. The van der Waals surface area contributed by atoms with Gasteiger partial charge in [-0.3, -0.25) is 4.98 Å². The quantitative estimate of drug-likeness (QED) is 0.242. The van der Waals surface area contributed by atoms with Gasteiger partial charge in [0.15, 0.2) is 0 Å². The van der Waals surface area contributed by atoms with Crippen LogP contribution in [0.2, 0.25) is 5.02 Å². The van der Waals surface area contributed by atoms with Crippen molar-refractivity contribution in [1.82, 2.24) is 4.98 Å². The SMILES string of the molecule is COCc1ccc2c(c1)CC[C@](Nc1cccc(Cl)c1)(C(=O)O)CC[C@@H](C[C@@H](C)COc1ccnc3c1[C@H](C)CCC3)C2. The lowest BCUT2D eigenvalue weighted by molar-refractivity contribution is -0.143. The van der Waals surface area contributed by atoms with E-state index in [4.69, 9.17) is 21.1 Å². The highest BCUT2D eigenvalue weighted by Crippen LogP contribution is 2.38. The maximum atomic E-state index is 13.0. The van der Waals surface area contributed by atoms with Crippen LogP contribution >= 0.6 is 11.6 Å². The summed E-state index contributed by atoms with van der Waals surface area (Å²) >= 11 is 6.27. The Kier molecular flexibility index (Phi) is 10.3. The van der Waals surface area contributed by atoms with Crippen LogP contribution in [0.15, 0.2) is 54.7 Å². The average molecular weight is 605 g/mol. The second-order valence-corrected chi connectivity index (χ2v) is 13.2. The van der Waals surface area contributed by atoms with E-state index in [9.17, 15) is 9.90 Å². The smallest absolute Gasteiger partial charge is 0.329 e. The highest BCUT2D eigenvalue weighted by molar-refractivity contribution is 6.30. The molecule has 6 nitrogen and oxygen atoms in total. The fourth-order valence-electron chi connectivity index (χ4n) is 7.08. The van der Waals surface area contributed by atoms with Crippen molar-refractivity contribution < 1.29 is 19.4 Å². The number of ether oxygens (including phenoxy) is 2. The van der Waals surface area contributed by atoms with Gasteiger partial charge in [-0.05, 0) is 116 Å². The highest BCUT2D eigenvalue weighted by Gasteiger charge is 2.40. The summed E-state index contributed by atoms with van der Waals surface area (Å²) in [6.07, 6.45) is 9.60. The van der Waals surface area contributed by atoms with Crippen molar-refractivity contribution in [2.75, 3.05) is 19.0 Å². The zero-order valence-corrected chi connectivity index (χ0v) is 26.5. The Bertz CT molecular complexity index is 1410.